The van der Waals surface area contributed by atoms with Gasteiger partial charge in [0.15, 0.2) is 8.32 Å². The van der Waals surface area contributed by atoms with Crippen LogP contribution in [0.2, 0.25) is 18.1 Å². The molecule has 0 aliphatic heterocycles. The Balaban J connectivity index is 2.46. The first-order valence-corrected chi connectivity index (χ1v) is 8.98. The minimum absolute atomic E-state index is 0.135. The lowest BCUT2D eigenvalue weighted by Gasteiger charge is -2.27. The van der Waals surface area contributed by atoms with Crippen molar-refractivity contribution in [3.63, 3.8) is 0 Å². The zero-order valence-electron chi connectivity index (χ0n) is 11.1. The smallest absolute Gasteiger partial charge is 0.191 e. The Morgan fingerprint density at radius 1 is 1.24 bits per heavy atom. The van der Waals surface area contributed by atoms with Crippen LogP contribution in [0.15, 0.2) is 24.3 Å². The normalized spacial score (nSPS) is 11.8. The molecule has 1 aromatic rings. The van der Waals surface area contributed by atoms with Gasteiger partial charge in [-0.25, -0.2) is 4.39 Å². The number of aryl methyl sites for hydroxylation is 1. The third kappa shape index (κ3) is 4.24. The van der Waals surface area contributed by atoms with E-state index in [1.165, 1.54) is 24.2 Å². The van der Waals surface area contributed by atoms with Crippen LogP contribution in [0.1, 0.15) is 25.8 Å². The summed E-state index contributed by atoms with van der Waals surface area (Å²) in [5, 5.41) is 0. The van der Waals surface area contributed by atoms with Crippen LogP contribution in [0.4, 0.5) is 4.39 Å². The first kappa shape index (κ1) is 14.4. The average Bonchev–Trinajstić information content (AvgIpc) is 2.35. The van der Waals surface area contributed by atoms with Gasteiger partial charge in [-0.1, -0.05) is 26.0 Å². The molecule has 0 saturated carbocycles. The van der Waals surface area contributed by atoms with Crippen LogP contribution in [-0.4, -0.2) is 15.4 Å². The maximum Gasteiger partial charge on any atom is 0.191 e. The van der Waals surface area contributed by atoms with Crippen molar-refractivity contribution in [2.45, 2.75) is 44.8 Å². The molecule has 0 unspecified atom stereocenters. The van der Waals surface area contributed by atoms with Crippen molar-refractivity contribution in [2.24, 2.45) is 0 Å². The van der Waals surface area contributed by atoms with Gasteiger partial charge in [-0.2, -0.15) is 0 Å². The first-order valence-electron chi connectivity index (χ1n) is 6.45. The van der Waals surface area contributed by atoms with E-state index in [-0.39, 0.29) is 5.82 Å². The molecule has 1 nitrogen and oxygen atoms in total. The Morgan fingerprint density at radius 2 is 1.94 bits per heavy atom. The summed E-state index contributed by atoms with van der Waals surface area (Å²) in [6.45, 7) is 4.45. The Kier molecular flexibility index (Phi) is 5.85. The molecule has 0 N–H and O–H groups in total. The summed E-state index contributed by atoms with van der Waals surface area (Å²) < 4.78 is 18.8. The molecule has 0 amide bonds. The van der Waals surface area contributed by atoms with Gasteiger partial charge in [0, 0.05) is 7.11 Å². The molecule has 0 aliphatic carbocycles. The summed E-state index contributed by atoms with van der Waals surface area (Å²) in [6.07, 6.45) is 2.06. The summed E-state index contributed by atoms with van der Waals surface area (Å²) in [7, 11) is 0.370. The van der Waals surface area contributed by atoms with Crippen LogP contribution in [0, 0.1) is 5.82 Å². The number of hydrogen-bond acceptors (Lipinski definition) is 1. The Morgan fingerprint density at radius 3 is 2.47 bits per heavy atom. The second kappa shape index (κ2) is 6.92. The van der Waals surface area contributed by atoms with Gasteiger partial charge >= 0.3 is 0 Å². The molecule has 0 heterocycles. The Hall–Kier alpha value is -0.673. The van der Waals surface area contributed by atoms with Crippen LogP contribution in [-0.2, 0) is 10.8 Å². The summed E-state index contributed by atoms with van der Waals surface area (Å²) in [6, 6.07) is 10.4. The summed E-state index contributed by atoms with van der Waals surface area (Å²) in [5.41, 5.74) is 1.09. The van der Waals surface area contributed by atoms with E-state index in [1.54, 1.807) is 12.1 Å². The highest BCUT2D eigenvalue weighted by Crippen LogP contribution is 2.24. The van der Waals surface area contributed by atoms with E-state index < -0.39 is 8.32 Å². The molecule has 0 aromatic heterocycles. The van der Waals surface area contributed by atoms with E-state index in [1.807, 2.05) is 13.2 Å². The lowest BCUT2D eigenvalue weighted by atomic mass is 10.1. The number of rotatable bonds is 7. The van der Waals surface area contributed by atoms with Crippen molar-refractivity contribution < 1.29 is 8.82 Å². The predicted octanol–water partition coefficient (Wildman–Crippen LogP) is 4.39. The van der Waals surface area contributed by atoms with Crippen LogP contribution in [0.25, 0.3) is 0 Å². The molecule has 0 bridgehead atoms. The first-order chi connectivity index (χ1) is 8.15. The quantitative estimate of drug-likeness (QED) is 0.656. The molecule has 0 radical (unpaired) electrons. The van der Waals surface area contributed by atoms with Gasteiger partial charge in [0.1, 0.15) is 5.82 Å². The van der Waals surface area contributed by atoms with Gasteiger partial charge in [-0.3, -0.25) is 0 Å². The third-order valence-electron chi connectivity index (χ3n) is 3.71. The van der Waals surface area contributed by atoms with E-state index in [0.717, 1.165) is 18.4 Å². The number of hydrogen-bond donors (Lipinski definition) is 0. The van der Waals surface area contributed by atoms with Crippen LogP contribution < -0.4 is 0 Å². The van der Waals surface area contributed by atoms with Crippen molar-refractivity contribution in [3.8, 4) is 0 Å². The molecule has 0 saturated heterocycles. The minimum atomic E-state index is -1.48. The van der Waals surface area contributed by atoms with Gasteiger partial charge in [-0.05, 0) is 48.7 Å². The van der Waals surface area contributed by atoms with Crippen molar-refractivity contribution in [2.75, 3.05) is 7.11 Å². The zero-order chi connectivity index (χ0) is 12.7. The molecule has 96 valence electrons. The molecule has 17 heavy (non-hydrogen) atoms. The van der Waals surface area contributed by atoms with Gasteiger partial charge in [0.05, 0.1) is 0 Å². The van der Waals surface area contributed by atoms with E-state index in [4.69, 9.17) is 4.43 Å². The maximum absolute atomic E-state index is 13.0. The highest BCUT2D eigenvalue weighted by Gasteiger charge is 2.28. The predicted molar refractivity (Wildman–Crippen MR) is 73.3 cm³/mol. The lowest BCUT2D eigenvalue weighted by molar-refractivity contribution is 0.390. The molecular formula is C14H23FOSi. The minimum Gasteiger partial charge on any atom is -0.420 e. The standard InChI is InChI=1S/C14H23FOSi/c1-4-17(5-2,16-3)11-7-9-13-8-6-10-14(15)12-13/h6,8,10,12H,4-5,7,9,11H2,1-3H3. The van der Waals surface area contributed by atoms with E-state index in [9.17, 15) is 4.39 Å². The molecular weight excluding hydrogens is 231 g/mol. The summed E-state index contributed by atoms with van der Waals surface area (Å²) >= 11 is 0. The average molecular weight is 254 g/mol. The lowest BCUT2D eigenvalue weighted by Crippen LogP contribution is -2.35. The SMILES string of the molecule is CC[Si](CC)(CCCc1cccc(F)c1)OC. The fraction of sp³-hybridized carbons (Fsp3) is 0.571. The second-order valence-electron chi connectivity index (χ2n) is 4.58. The van der Waals surface area contributed by atoms with Crippen LogP contribution in [0.3, 0.4) is 0 Å². The number of halogens is 1. The van der Waals surface area contributed by atoms with Crippen molar-refractivity contribution in [1.29, 1.82) is 0 Å². The fourth-order valence-corrected chi connectivity index (χ4v) is 5.11. The monoisotopic (exact) mass is 254 g/mol. The summed E-state index contributed by atoms with van der Waals surface area (Å²) in [5.74, 6) is -0.135. The van der Waals surface area contributed by atoms with Gasteiger partial charge < -0.3 is 4.43 Å². The van der Waals surface area contributed by atoms with Crippen molar-refractivity contribution in [3.05, 3.63) is 35.6 Å². The van der Waals surface area contributed by atoms with E-state index >= 15 is 0 Å². The van der Waals surface area contributed by atoms with Crippen LogP contribution in [0.5, 0.6) is 0 Å². The van der Waals surface area contributed by atoms with Gasteiger partial charge in [0.25, 0.3) is 0 Å². The summed E-state index contributed by atoms with van der Waals surface area (Å²) in [4.78, 5) is 0. The van der Waals surface area contributed by atoms with Gasteiger partial charge in [0.2, 0.25) is 0 Å². The second-order valence-corrected chi connectivity index (χ2v) is 9.27. The van der Waals surface area contributed by atoms with Gasteiger partial charge in [-0.15, -0.1) is 0 Å². The maximum atomic E-state index is 13.0. The van der Waals surface area contributed by atoms with Crippen molar-refractivity contribution in [1.82, 2.24) is 0 Å². The molecule has 0 atom stereocenters. The molecule has 0 spiro atoms. The largest absolute Gasteiger partial charge is 0.420 e. The highest BCUT2D eigenvalue weighted by atomic mass is 28.4. The molecule has 1 aromatic carbocycles. The number of benzene rings is 1. The van der Waals surface area contributed by atoms with Crippen LogP contribution >= 0.6 is 0 Å². The Bertz CT molecular complexity index is 328. The molecule has 3 heteroatoms. The molecule has 1 rings (SSSR count). The fourth-order valence-electron chi connectivity index (χ4n) is 2.30. The third-order valence-corrected chi connectivity index (χ3v) is 8.42. The molecule has 0 fully saturated rings. The highest BCUT2D eigenvalue weighted by molar-refractivity contribution is 6.73. The Labute approximate surface area is 105 Å². The van der Waals surface area contributed by atoms with Crippen molar-refractivity contribution >= 4 is 8.32 Å². The zero-order valence-corrected chi connectivity index (χ0v) is 12.1. The van der Waals surface area contributed by atoms with E-state index in [2.05, 4.69) is 13.8 Å². The topological polar surface area (TPSA) is 9.23 Å². The molecule has 0 aliphatic rings. The van der Waals surface area contributed by atoms with E-state index in [0.29, 0.717) is 0 Å².